The van der Waals surface area contributed by atoms with Crippen LogP contribution < -0.4 is 10.5 Å². The number of nitrogens with two attached hydrogens (primary N) is 1. The van der Waals surface area contributed by atoms with Gasteiger partial charge in [-0.15, -0.1) is 0 Å². The van der Waals surface area contributed by atoms with Gasteiger partial charge < -0.3 is 15.4 Å². The van der Waals surface area contributed by atoms with E-state index in [1.54, 1.807) is 0 Å². The highest BCUT2D eigenvalue weighted by Crippen LogP contribution is 2.22. The zero-order chi connectivity index (χ0) is 13.7. The highest BCUT2D eigenvalue weighted by Gasteiger charge is 2.27. The van der Waals surface area contributed by atoms with Crippen LogP contribution in [0.1, 0.15) is 25.3 Å². The molecule has 0 radical (unpaired) electrons. The summed E-state index contributed by atoms with van der Waals surface area (Å²) >= 11 is 0. The maximum Gasteiger partial charge on any atom is 0.119 e. The summed E-state index contributed by atoms with van der Waals surface area (Å²) < 4.78 is 5.78. The molecule has 19 heavy (non-hydrogen) atoms. The summed E-state index contributed by atoms with van der Waals surface area (Å²) in [6.45, 7) is 8.27. The van der Waals surface area contributed by atoms with E-state index in [1.807, 2.05) is 12.1 Å². The molecule has 0 aromatic heterocycles. The normalized spacial score (nSPS) is 23.7. The summed E-state index contributed by atoms with van der Waals surface area (Å²) in [6.07, 6.45) is 2.32. The van der Waals surface area contributed by atoms with Gasteiger partial charge in [0.1, 0.15) is 5.75 Å². The molecule has 1 aromatic rings. The van der Waals surface area contributed by atoms with Gasteiger partial charge in [0, 0.05) is 19.1 Å². The molecule has 0 bridgehead atoms. The van der Waals surface area contributed by atoms with Crippen molar-refractivity contribution in [2.24, 2.45) is 11.7 Å². The van der Waals surface area contributed by atoms with Gasteiger partial charge in [0.15, 0.2) is 0 Å². The summed E-state index contributed by atoms with van der Waals surface area (Å²) in [5, 5.41) is 0. The lowest BCUT2D eigenvalue weighted by atomic mass is 10.1. The number of ether oxygens (including phenoxy) is 1. The number of likely N-dealkylation sites (tertiary alicyclic amines) is 1. The number of aryl methyl sites for hydroxylation is 1. The Bertz CT molecular complexity index is 394. The lowest BCUT2D eigenvalue weighted by Crippen LogP contribution is -2.29. The van der Waals surface area contributed by atoms with Crippen molar-refractivity contribution < 1.29 is 4.74 Å². The third-order valence-corrected chi connectivity index (χ3v) is 3.97. The van der Waals surface area contributed by atoms with Crippen molar-refractivity contribution in [3.8, 4) is 5.75 Å². The molecular weight excluding hydrogens is 236 g/mol. The van der Waals surface area contributed by atoms with Gasteiger partial charge in [0.2, 0.25) is 0 Å². The molecule has 1 fully saturated rings. The fraction of sp³-hybridized carbons (Fsp3) is 0.625. The molecule has 0 saturated carbocycles. The maximum atomic E-state index is 5.78. The van der Waals surface area contributed by atoms with Crippen LogP contribution in [0.5, 0.6) is 5.75 Å². The van der Waals surface area contributed by atoms with Crippen molar-refractivity contribution in [2.45, 2.75) is 32.7 Å². The van der Waals surface area contributed by atoms with Crippen LogP contribution in [0.15, 0.2) is 24.3 Å². The third-order valence-electron chi connectivity index (χ3n) is 3.97. The minimum Gasteiger partial charge on any atom is -0.494 e. The fourth-order valence-corrected chi connectivity index (χ4v) is 2.86. The highest BCUT2D eigenvalue weighted by atomic mass is 16.5. The predicted molar refractivity (Wildman–Crippen MR) is 79.5 cm³/mol. The van der Waals surface area contributed by atoms with Gasteiger partial charge >= 0.3 is 0 Å². The third kappa shape index (κ3) is 4.22. The lowest BCUT2D eigenvalue weighted by molar-refractivity contribution is 0.227. The largest absolute Gasteiger partial charge is 0.494 e. The summed E-state index contributed by atoms with van der Waals surface area (Å²) in [7, 11) is 0. The van der Waals surface area contributed by atoms with Crippen LogP contribution in [0.3, 0.4) is 0 Å². The Kier molecular flexibility index (Phi) is 5.23. The Morgan fingerprint density at radius 1 is 1.42 bits per heavy atom. The smallest absolute Gasteiger partial charge is 0.119 e. The number of hydrogen-bond acceptors (Lipinski definition) is 3. The van der Waals surface area contributed by atoms with E-state index in [9.17, 15) is 0 Å². The zero-order valence-electron chi connectivity index (χ0n) is 12.1. The van der Waals surface area contributed by atoms with Crippen molar-refractivity contribution in [1.82, 2.24) is 4.90 Å². The van der Waals surface area contributed by atoms with E-state index in [0.717, 1.165) is 38.4 Å². The molecule has 1 aliphatic rings. The molecule has 1 saturated heterocycles. The predicted octanol–water partition coefficient (Wildman–Crippen LogP) is 2.43. The Balaban J connectivity index is 1.67. The molecule has 3 nitrogen and oxygen atoms in total. The molecule has 2 N–H and O–H groups in total. The number of rotatable bonds is 6. The van der Waals surface area contributed by atoms with Gasteiger partial charge in [-0.05, 0) is 56.8 Å². The van der Waals surface area contributed by atoms with E-state index in [0.29, 0.717) is 12.0 Å². The molecule has 2 rings (SSSR count). The SMILES string of the molecule is Cc1cccc(OCCCN2CC(CN)CC2C)c1. The quantitative estimate of drug-likeness (QED) is 0.800. The van der Waals surface area contributed by atoms with Crippen LogP contribution in [0.4, 0.5) is 0 Å². The monoisotopic (exact) mass is 262 g/mol. The molecule has 106 valence electrons. The van der Waals surface area contributed by atoms with Crippen LogP contribution in [-0.4, -0.2) is 37.2 Å². The van der Waals surface area contributed by atoms with E-state index in [4.69, 9.17) is 10.5 Å². The summed E-state index contributed by atoms with van der Waals surface area (Å²) in [5.74, 6) is 1.67. The average Bonchev–Trinajstić information content (AvgIpc) is 2.76. The minimum atomic E-state index is 0.674. The highest BCUT2D eigenvalue weighted by molar-refractivity contribution is 5.27. The molecule has 2 unspecified atom stereocenters. The molecule has 1 aliphatic heterocycles. The lowest BCUT2D eigenvalue weighted by Gasteiger charge is -2.20. The first-order valence-corrected chi connectivity index (χ1v) is 7.32. The number of nitrogens with zero attached hydrogens (tertiary/aromatic N) is 1. The van der Waals surface area contributed by atoms with Gasteiger partial charge in [-0.25, -0.2) is 0 Å². The van der Waals surface area contributed by atoms with E-state index >= 15 is 0 Å². The summed E-state index contributed by atoms with van der Waals surface area (Å²) in [6, 6.07) is 8.91. The van der Waals surface area contributed by atoms with E-state index < -0.39 is 0 Å². The summed E-state index contributed by atoms with van der Waals surface area (Å²) in [5.41, 5.74) is 7.00. The van der Waals surface area contributed by atoms with Crippen LogP contribution >= 0.6 is 0 Å². The van der Waals surface area contributed by atoms with Gasteiger partial charge in [0.25, 0.3) is 0 Å². The van der Waals surface area contributed by atoms with Crippen molar-refractivity contribution in [1.29, 1.82) is 0 Å². The van der Waals surface area contributed by atoms with Crippen molar-refractivity contribution >= 4 is 0 Å². The number of hydrogen-bond donors (Lipinski definition) is 1. The van der Waals surface area contributed by atoms with E-state index in [-0.39, 0.29) is 0 Å². The molecule has 1 heterocycles. The molecule has 0 spiro atoms. The maximum absolute atomic E-state index is 5.78. The van der Waals surface area contributed by atoms with Gasteiger partial charge in [-0.1, -0.05) is 12.1 Å². The molecule has 2 atom stereocenters. The zero-order valence-corrected chi connectivity index (χ0v) is 12.1. The molecule has 0 amide bonds. The first-order chi connectivity index (χ1) is 9.19. The molecule has 1 aromatic carbocycles. The topological polar surface area (TPSA) is 38.5 Å². The average molecular weight is 262 g/mol. The Morgan fingerprint density at radius 2 is 2.26 bits per heavy atom. The standard InChI is InChI=1S/C16H26N2O/c1-13-5-3-6-16(9-13)19-8-4-7-18-12-15(11-17)10-14(18)2/h3,5-6,9,14-15H,4,7-8,10-12,17H2,1-2H3. The second-order valence-electron chi connectivity index (χ2n) is 5.70. The van der Waals surface area contributed by atoms with Crippen molar-refractivity contribution in [3.63, 3.8) is 0 Å². The van der Waals surface area contributed by atoms with Gasteiger partial charge in [-0.3, -0.25) is 0 Å². The fourth-order valence-electron chi connectivity index (χ4n) is 2.86. The second kappa shape index (κ2) is 6.92. The minimum absolute atomic E-state index is 0.674. The molecular formula is C16H26N2O. The first-order valence-electron chi connectivity index (χ1n) is 7.32. The van der Waals surface area contributed by atoms with Crippen LogP contribution in [0.2, 0.25) is 0 Å². The van der Waals surface area contributed by atoms with Gasteiger partial charge in [0.05, 0.1) is 6.61 Å². The van der Waals surface area contributed by atoms with Crippen molar-refractivity contribution in [2.75, 3.05) is 26.2 Å². The van der Waals surface area contributed by atoms with Crippen molar-refractivity contribution in [3.05, 3.63) is 29.8 Å². The van der Waals surface area contributed by atoms with Crippen LogP contribution in [-0.2, 0) is 0 Å². The molecule has 3 heteroatoms. The van der Waals surface area contributed by atoms with E-state index in [2.05, 4.69) is 30.9 Å². The van der Waals surface area contributed by atoms with Crippen LogP contribution in [0, 0.1) is 12.8 Å². The summed E-state index contributed by atoms with van der Waals surface area (Å²) in [4.78, 5) is 2.54. The Hall–Kier alpha value is -1.06. The van der Waals surface area contributed by atoms with E-state index in [1.165, 1.54) is 12.0 Å². The van der Waals surface area contributed by atoms with Gasteiger partial charge in [-0.2, -0.15) is 0 Å². The van der Waals surface area contributed by atoms with Crippen LogP contribution in [0.25, 0.3) is 0 Å². The second-order valence-corrected chi connectivity index (χ2v) is 5.70. The Morgan fingerprint density at radius 3 is 2.95 bits per heavy atom. The molecule has 0 aliphatic carbocycles. The first kappa shape index (κ1) is 14.4. The Labute approximate surface area is 116 Å². The number of benzene rings is 1.